The maximum absolute atomic E-state index is 6.02. The topological polar surface area (TPSA) is 9.23 Å². The van der Waals surface area contributed by atoms with Crippen LogP contribution in [0.5, 0.6) is 5.75 Å². The van der Waals surface area contributed by atoms with Gasteiger partial charge in [-0.25, -0.2) is 0 Å². The van der Waals surface area contributed by atoms with E-state index in [2.05, 4.69) is 38.1 Å². The first-order chi connectivity index (χ1) is 8.24. The van der Waals surface area contributed by atoms with E-state index in [1.54, 1.807) is 0 Å². The van der Waals surface area contributed by atoms with E-state index in [4.69, 9.17) is 4.74 Å². The van der Waals surface area contributed by atoms with E-state index < -0.39 is 0 Å². The van der Waals surface area contributed by atoms with Crippen LogP contribution in [0, 0.1) is 5.92 Å². The van der Waals surface area contributed by atoms with Crippen LogP contribution in [-0.2, 0) is 6.42 Å². The quantitative estimate of drug-likeness (QED) is 0.737. The molecular formula is C16H24O. The third-order valence-electron chi connectivity index (χ3n) is 3.42. The van der Waals surface area contributed by atoms with E-state index in [1.807, 2.05) is 0 Å². The molecule has 0 heterocycles. The van der Waals surface area contributed by atoms with E-state index in [9.17, 15) is 0 Å². The minimum absolute atomic E-state index is 0.458. The van der Waals surface area contributed by atoms with Crippen molar-refractivity contribution < 1.29 is 4.74 Å². The zero-order chi connectivity index (χ0) is 12.1. The first-order valence-corrected chi connectivity index (χ1v) is 6.99. The van der Waals surface area contributed by atoms with Gasteiger partial charge in [-0.15, -0.1) is 0 Å². The third-order valence-corrected chi connectivity index (χ3v) is 3.42. The van der Waals surface area contributed by atoms with Gasteiger partial charge in [0.05, 0.1) is 6.10 Å². The highest BCUT2D eigenvalue weighted by molar-refractivity contribution is 5.27. The van der Waals surface area contributed by atoms with Crippen molar-refractivity contribution in [1.29, 1.82) is 0 Å². The maximum atomic E-state index is 6.02. The van der Waals surface area contributed by atoms with E-state index in [0.29, 0.717) is 6.10 Å². The fraction of sp³-hybridized carbons (Fsp3) is 0.625. The molecule has 0 aliphatic heterocycles. The summed E-state index contributed by atoms with van der Waals surface area (Å²) >= 11 is 0. The van der Waals surface area contributed by atoms with Crippen LogP contribution in [0.2, 0.25) is 0 Å². The molecule has 1 fully saturated rings. The number of hydrogen-bond acceptors (Lipinski definition) is 1. The highest BCUT2D eigenvalue weighted by Crippen LogP contribution is 2.23. The van der Waals surface area contributed by atoms with Crippen LogP contribution in [0.1, 0.15) is 51.5 Å². The molecule has 1 aliphatic carbocycles. The van der Waals surface area contributed by atoms with Crippen LogP contribution >= 0.6 is 0 Å². The van der Waals surface area contributed by atoms with Crippen molar-refractivity contribution in [3.63, 3.8) is 0 Å². The van der Waals surface area contributed by atoms with Crippen molar-refractivity contribution in [2.24, 2.45) is 5.92 Å². The highest BCUT2D eigenvalue weighted by atomic mass is 16.5. The second kappa shape index (κ2) is 6.09. The average molecular weight is 232 g/mol. The molecule has 0 unspecified atom stereocenters. The van der Waals surface area contributed by atoms with Gasteiger partial charge in [-0.1, -0.05) is 32.4 Å². The molecule has 94 valence electrons. The number of hydrogen-bond donors (Lipinski definition) is 0. The summed E-state index contributed by atoms with van der Waals surface area (Å²) in [5.41, 5.74) is 1.41. The summed E-state index contributed by atoms with van der Waals surface area (Å²) in [7, 11) is 0. The number of rotatable bonds is 4. The Balaban J connectivity index is 1.88. The van der Waals surface area contributed by atoms with Gasteiger partial charge >= 0.3 is 0 Å². The van der Waals surface area contributed by atoms with Gasteiger partial charge < -0.3 is 4.74 Å². The van der Waals surface area contributed by atoms with Crippen LogP contribution in [0.25, 0.3) is 0 Å². The average Bonchev–Trinajstić information content (AvgIpc) is 2.32. The van der Waals surface area contributed by atoms with E-state index in [1.165, 1.54) is 37.7 Å². The van der Waals surface area contributed by atoms with Crippen LogP contribution in [0.15, 0.2) is 24.3 Å². The number of benzene rings is 1. The lowest BCUT2D eigenvalue weighted by molar-refractivity contribution is 0.155. The van der Waals surface area contributed by atoms with Crippen LogP contribution in [-0.4, -0.2) is 6.10 Å². The zero-order valence-electron chi connectivity index (χ0n) is 11.1. The van der Waals surface area contributed by atoms with E-state index in [0.717, 1.165) is 18.1 Å². The second-order valence-electron chi connectivity index (χ2n) is 5.62. The van der Waals surface area contributed by atoms with Gasteiger partial charge in [0.15, 0.2) is 0 Å². The van der Waals surface area contributed by atoms with Gasteiger partial charge in [0.2, 0.25) is 0 Å². The van der Waals surface area contributed by atoms with Crippen molar-refractivity contribution in [3.05, 3.63) is 29.8 Å². The molecule has 0 N–H and O–H groups in total. The zero-order valence-corrected chi connectivity index (χ0v) is 11.1. The summed E-state index contributed by atoms with van der Waals surface area (Å²) in [6.45, 7) is 4.51. The lowest BCUT2D eigenvalue weighted by Gasteiger charge is -2.23. The lowest BCUT2D eigenvalue weighted by Crippen LogP contribution is -2.19. The van der Waals surface area contributed by atoms with Crippen molar-refractivity contribution in [2.45, 2.75) is 58.5 Å². The third kappa shape index (κ3) is 4.07. The van der Waals surface area contributed by atoms with Gasteiger partial charge in [0.1, 0.15) is 5.75 Å². The smallest absolute Gasteiger partial charge is 0.119 e. The molecule has 2 rings (SSSR count). The molecule has 17 heavy (non-hydrogen) atoms. The Kier molecular flexibility index (Phi) is 4.47. The Bertz CT molecular complexity index is 320. The van der Waals surface area contributed by atoms with Crippen LogP contribution in [0.4, 0.5) is 0 Å². The van der Waals surface area contributed by atoms with Crippen molar-refractivity contribution in [1.82, 2.24) is 0 Å². The number of ether oxygens (including phenoxy) is 1. The highest BCUT2D eigenvalue weighted by Gasteiger charge is 2.14. The second-order valence-corrected chi connectivity index (χ2v) is 5.62. The minimum atomic E-state index is 0.458. The molecule has 0 radical (unpaired) electrons. The Morgan fingerprint density at radius 1 is 1.06 bits per heavy atom. The van der Waals surface area contributed by atoms with Crippen molar-refractivity contribution in [3.8, 4) is 5.75 Å². The summed E-state index contributed by atoms with van der Waals surface area (Å²) < 4.78 is 6.02. The molecular weight excluding hydrogens is 208 g/mol. The standard InChI is InChI=1S/C16H24O/c1-13(2)12-14-8-10-16(11-9-14)17-15-6-4-3-5-7-15/h8-11,13,15H,3-7,12H2,1-2H3. The Morgan fingerprint density at radius 3 is 2.29 bits per heavy atom. The summed E-state index contributed by atoms with van der Waals surface area (Å²) in [5.74, 6) is 1.77. The Hall–Kier alpha value is -0.980. The molecule has 0 spiro atoms. The Morgan fingerprint density at radius 2 is 1.71 bits per heavy atom. The van der Waals surface area contributed by atoms with Crippen LogP contribution in [0.3, 0.4) is 0 Å². The van der Waals surface area contributed by atoms with Gasteiger partial charge in [-0.3, -0.25) is 0 Å². The molecule has 1 aliphatic rings. The molecule has 0 aromatic heterocycles. The van der Waals surface area contributed by atoms with Gasteiger partial charge in [-0.05, 0) is 55.7 Å². The van der Waals surface area contributed by atoms with E-state index in [-0.39, 0.29) is 0 Å². The molecule has 1 nitrogen and oxygen atoms in total. The summed E-state index contributed by atoms with van der Waals surface area (Å²) in [6, 6.07) is 8.68. The van der Waals surface area contributed by atoms with Gasteiger partial charge in [-0.2, -0.15) is 0 Å². The molecule has 1 aromatic rings. The minimum Gasteiger partial charge on any atom is -0.490 e. The predicted molar refractivity (Wildman–Crippen MR) is 72.5 cm³/mol. The Labute approximate surface area is 105 Å². The van der Waals surface area contributed by atoms with Crippen LogP contribution < -0.4 is 4.74 Å². The molecule has 0 saturated heterocycles. The van der Waals surface area contributed by atoms with Gasteiger partial charge in [0, 0.05) is 0 Å². The maximum Gasteiger partial charge on any atom is 0.119 e. The molecule has 1 saturated carbocycles. The predicted octanol–water partition coefficient (Wildman–Crippen LogP) is 4.60. The normalized spacial score (nSPS) is 17.4. The fourth-order valence-corrected chi connectivity index (χ4v) is 2.55. The van der Waals surface area contributed by atoms with E-state index >= 15 is 0 Å². The summed E-state index contributed by atoms with van der Waals surface area (Å²) in [6.07, 6.45) is 8.12. The lowest BCUT2D eigenvalue weighted by atomic mass is 9.98. The first-order valence-electron chi connectivity index (χ1n) is 6.99. The molecule has 0 amide bonds. The fourth-order valence-electron chi connectivity index (χ4n) is 2.55. The molecule has 1 heteroatoms. The molecule has 0 atom stereocenters. The molecule has 0 bridgehead atoms. The van der Waals surface area contributed by atoms with Crippen molar-refractivity contribution >= 4 is 0 Å². The largest absolute Gasteiger partial charge is 0.490 e. The monoisotopic (exact) mass is 232 g/mol. The van der Waals surface area contributed by atoms with Gasteiger partial charge in [0.25, 0.3) is 0 Å². The summed E-state index contributed by atoms with van der Waals surface area (Å²) in [4.78, 5) is 0. The molecule has 1 aromatic carbocycles. The van der Waals surface area contributed by atoms with Crippen molar-refractivity contribution in [2.75, 3.05) is 0 Å². The first kappa shape index (κ1) is 12.5. The summed E-state index contributed by atoms with van der Waals surface area (Å²) in [5, 5.41) is 0. The SMILES string of the molecule is CC(C)Cc1ccc(OC2CCCCC2)cc1.